The van der Waals surface area contributed by atoms with Gasteiger partial charge in [0.05, 0.1) is 12.2 Å². The molecule has 8 heteroatoms. The molecular formula is C25H28N4O3S. The largest absolute Gasteiger partial charge is 0.489 e. The molecule has 3 aromatic rings. The van der Waals surface area contributed by atoms with Gasteiger partial charge in [-0.15, -0.1) is 5.10 Å². The Morgan fingerprint density at radius 2 is 1.97 bits per heavy atom. The first kappa shape index (κ1) is 22.9. The van der Waals surface area contributed by atoms with Gasteiger partial charge in [0.25, 0.3) is 0 Å². The van der Waals surface area contributed by atoms with Crippen molar-refractivity contribution >= 4 is 23.7 Å². The van der Waals surface area contributed by atoms with Crippen molar-refractivity contribution in [3.05, 3.63) is 77.0 Å². The summed E-state index contributed by atoms with van der Waals surface area (Å²) in [6.07, 6.45) is 0.755. The minimum atomic E-state index is -0.468. The summed E-state index contributed by atoms with van der Waals surface area (Å²) < 4.78 is 13.3. The third kappa shape index (κ3) is 5.22. The van der Waals surface area contributed by atoms with Crippen molar-refractivity contribution in [2.24, 2.45) is 0 Å². The summed E-state index contributed by atoms with van der Waals surface area (Å²) in [4.78, 5) is 17.7. The molecule has 1 atom stereocenters. The molecule has 1 unspecified atom stereocenters. The summed E-state index contributed by atoms with van der Waals surface area (Å²) in [6, 6.07) is 17.3. The third-order valence-corrected chi connectivity index (χ3v) is 5.91. The maximum atomic E-state index is 13.1. The van der Waals surface area contributed by atoms with Crippen molar-refractivity contribution in [1.29, 1.82) is 0 Å². The number of aromatic nitrogens is 3. The van der Waals surface area contributed by atoms with E-state index in [1.54, 1.807) is 16.4 Å². The summed E-state index contributed by atoms with van der Waals surface area (Å²) in [7, 11) is 0. The molecule has 0 bridgehead atoms. The molecule has 2 heterocycles. The Morgan fingerprint density at radius 3 is 2.73 bits per heavy atom. The number of hydrogen-bond donors (Lipinski definition) is 1. The molecule has 1 aliphatic rings. The van der Waals surface area contributed by atoms with E-state index < -0.39 is 6.04 Å². The highest BCUT2D eigenvalue weighted by Gasteiger charge is 2.35. The van der Waals surface area contributed by atoms with Gasteiger partial charge in [-0.1, -0.05) is 68.1 Å². The normalized spacial score (nSPS) is 15.1. The maximum Gasteiger partial charge on any atom is 0.338 e. The molecule has 2 aromatic carbocycles. The lowest BCUT2D eigenvalue weighted by atomic mass is 9.95. The Kier molecular flexibility index (Phi) is 7.34. The molecule has 1 N–H and O–H groups in total. The highest BCUT2D eigenvalue weighted by molar-refractivity contribution is 7.99. The quantitative estimate of drug-likeness (QED) is 0.344. The average molecular weight is 465 g/mol. The lowest BCUT2D eigenvalue weighted by molar-refractivity contribution is -0.139. The van der Waals surface area contributed by atoms with Gasteiger partial charge >= 0.3 is 5.97 Å². The lowest BCUT2D eigenvalue weighted by Gasteiger charge is -2.28. The molecule has 4 rings (SSSR count). The number of anilines is 1. The van der Waals surface area contributed by atoms with E-state index in [2.05, 4.69) is 17.2 Å². The van der Waals surface area contributed by atoms with Crippen LogP contribution in [0.2, 0.25) is 0 Å². The molecule has 1 aromatic heterocycles. The summed E-state index contributed by atoms with van der Waals surface area (Å²) in [5, 5.41) is 8.59. The predicted molar refractivity (Wildman–Crippen MR) is 129 cm³/mol. The molecule has 0 fully saturated rings. The molecule has 0 aliphatic carbocycles. The molecule has 33 heavy (non-hydrogen) atoms. The van der Waals surface area contributed by atoms with Crippen molar-refractivity contribution in [3.8, 4) is 5.75 Å². The molecule has 0 saturated carbocycles. The molecule has 7 nitrogen and oxygen atoms in total. The first-order valence-electron chi connectivity index (χ1n) is 11.1. The third-order valence-electron chi connectivity index (χ3n) is 5.19. The van der Waals surface area contributed by atoms with Crippen LogP contribution in [0.4, 0.5) is 5.95 Å². The zero-order valence-corrected chi connectivity index (χ0v) is 19.9. The Hall–Kier alpha value is -3.26. The lowest BCUT2D eigenvalue weighted by Crippen LogP contribution is -2.29. The fourth-order valence-electron chi connectivity index (χ4n) is 3.68. The zero-order chi connectivity index (χ0) is 23.2. The highest BCUT2D eigenvalue weighted by atomic mass is 32.2. The van der Waals surface area contributed by atoms with Gasteiger partial charge in [0.15, 0.2) is 0 Å². The Bertz CT molecular complexity index is 1140. The molecule has 0 spiro atoms. The van der Waals surface area contributed by atoms with E-state index in [4.69, 9.17) is 14.6 Å². The predicted octanol–water partition coefficient (Wildman–Crippen LogP) is 5.21. The van der Waals surface area contributed by atoms with Crippen LogP contribution in [-0.2, 0) is 16.1 Å². The van der Waals surface area contributed by atoms with E-state index in [-0.39, 0.29) is 5.97 Å². The minimum Gasteiger partial charge on any atom is -0.489 e. The number of nitrogens with one attached hydrogen (secondary N) is 1. The van der Waals surface area contributed by atoms with Crippen LogP contribution in [-0.4, -0.2) is 33.1 Å². The van der Waals surface area contributed by atoms with Crippen molar-refractivity contribution < 1.29 is 14.3 Å². The van der Waals surface area contributed by atoms with Gasteiger partial charge < -0.3 is 14.8 Å². The summed E-state index contributed by atoms with van der Waals surface area (Å²) in [5.74, 6) is 1.83. The molecular weight excluding hydrogens is 436 g/mol. The number of carbonyl (C=O) groups excluding carboxylic acids is 1. The van der Waals surface area contributed by atoms with E-state index in [0.717, 1.165) is 29.1 Å². The van der Waals surface area contributed by atoms with Crippen LogP contribution in [0.1, 0.15) is 44.4 Å². The van der Waals surface area contributed by atoms with Crippen LogP contribution in [0.5, 0.6) is 5.75 Å². The standard InChI is InChI=1S/C25H28N4O3S/c1-4-14-31-23(30)21-17(3)26-24-27-25(33-5-2)28-29(24)22(21)19-12-9-13-20(15-19)32-16-18-10-7-6-8-11-18/h6-13,15,22H,4-5,14,16H2,1-3H3,(H,26,27,28). The Labute approximate surface area is 198 Å². The number of hydrogen-bond acceptors (Lipinski definition) is 7. The molecule has 0 radical (unpaired) electrons. The van der Waals surface area contributed by atoms with Gasteiger partial charge in [0.1, 0.15) is 18.4 Å². The highest BCUT2D eigenvalue weighted by Crippen LogP contribution is 2.37. The fourth-order valence-corrected chi connectivity index (χ4v) is 4.24. The number of benzene rings is 2. The molecule has 172 valence electrons. The van der Waals surface area contributed by atoms with Gasteiger partial charge in [0, 0.05) is 5.70 Å². The first-order chi connectivity index (χ1) is 16.1. The molecule has 0 amide bonds. The van der Waals surface area contributed by atoms with Crippen molar-refractivity contribution in [3.63, 3.8) is 0 Å². The van der Waals surface area contributed by atoms with E-state index >= 15 is 0 Å². The second-order valence-corrected chi connectivity index (χ2v) is 8.88. The average Bonchev–Trinajstić information content (AvgIpc) is 3.23. The molecule has 1 aliphatic heterocycles. The maximum absolute atomic E-state index is 13.1. The number of rotatable bonds is 9. The first-order valence-corrected chi connectivity index (χ1v) is 12.1. The summed E-state index contributed by atoms with van der Waals surface area (Å²) in [6.45, 7) is 6.73. The van der Waals surface area contributed by atoms with Crippen molar-refractivity contribution in [2.45, 2.75) is 45.0 Å². The second kappa shape index (κ2) is 10.6. The van der Waals surface area contributed by atoms with Crippen molar-refractivity contribution in [2.75, 3.05) is 17.7 Å². The van der Waals surface area contributed by atoms with Gasteiger partial charge in [-0.2, -0.15) is 4.98 Å². The topological polar surface area (TPSA) is 78.3 Å². The van der Waals surface area contributed by atoms with Crippen LogP contribution in [0.25, 0.3) is 0 Å². The smallest absolute Gasteiger partial charge is 0.338 e. The number of allylic oxidation sites excluding steroid dienone is 1. The van der Waals surface area contributed by atoms with Crippen LogP contribution >= 0.6 is 11.8 Å². The number of nitrogens with zero attached hydrogens (tertiary/aromatic N) is 3. The van der Waals surface area contributed by atoms with Gasteiger partial charge in [0.2, 0.25) is 11.1 Å². The SMILES string of the molecule is CCCOC(=O)C1=C(C)Nc2nc(SCC)nn2C1c1cccc(OCc2ccccc2)c1. The van der Waals surface area contributed by atoms with Crippen molar-refractivity contribution in [1.82, 2.24) is 14.8 Å². The van der Waals surface area contributed by atoms with Crippen LogP contribution in [0.15, 0.2) is 71.0 Å². The van der Waals surface area contributed by atoms with Crippen LogP contribution in [0.3, 0.4) is 0 Å². The number of carbonyl (C=O) groups is 1. The van der Waals surface area contributed by atoms with Gasteiger partial charge in [-0.05, 0) is 42.4 Å². The van der Waals surface area contributed by atoms with E-state index in [0.29, 0.717) is 35.6 Å². The monoisotopic (exact) mass is 464 g/mol. The Balaban J connectivity index is 1.69. The van der Waals surface area contributed by atoms with Gasteiger partial charge in [-0.25, -0.2) is 9.48 Å². The van der Waals surface area contributed by atoms with Crippen LogP contribution < -0.4 is 10.1 Å². The molecule has 0 saturated heterocycles. The van der Waals surface area contributed by atoms with E-state index in [9.17, 15) is 4.79 Å². The summed E-state index contributed by atoms with van der Waals surface area (Å²) in [5.41, 5.74) is 3.20. The zero-order valence-electron chi connectivity index (χ0n) is 19.1. The van der Waals surface area contributed by atoms with E-state index in [1.165, 1.54) is 0 Å². The van der Waals surface area contributed by atoms with E-state index in [1.807, 2.05) is 68.4 Å². The van der Waals surface area contributed by atoms with Gasteiger partial charge in [-0.3, -0.25) is 0 Å². The number of ether oxygens (including phenoxy) is 2. The second-order valence-electron chi connectivity index (χ2n) is 7.64. The number of esters is 1. The van der Waals surface area contributed by atoms with Crippen LogP contribution in [0, 0.1) is 0 Å². The number of thioether (sulfide) groups is 1. The minimum absolute atomic E-state index is 0.353. The number of fused-ring (bicyclic) bond motifs is 1. The Morgan fingerprint density at radius 1 is 1.15 bits per heavy atom. The summed E-state index contributed by atoms with van der Waals surface area (Å²) >= 11 is 1.56. The fraction of sp³-hybridized carbons (Fsp3) is 0.320.